The third-order valence-electron chi connectivity index (χ3n) is 2.78. The molecule has 2 aromatic heterocycles. The molecule has 0 fully saturated rings. The molecule has 1 atom stereocenters. The second-order valence-corrected chi connectivity index (χ2v) is 4.01. The Morgan fingerprint density at radius 2 is 1.95 bits per heavy atom. The molecule has 0 bridgehead atoms. The largest absolute Gasteiger partial charge is 0.451 e. The number of aryl methyl sites for hydroxylation is 1. The fourth-order valence-electron chi connectivity index (χ4n) is 1.82. The van der Waals surface area contributed by atoms with Crippen LogP contribution in [0.4, 0.5) is 13.2 Å². The van der Waals surface area contributed by atoms with E-state index in [9.17, 15) is 13.2 Å². The molecule has 0 aliphatic carbocycles. The van der Waals surface area contributed by atoms with Crippen molar-refractivity contribution >= 4 is 0 Å². The van der Waals surface area contributed by atoms with Crippen LogP contribution < -0.4 is 5.73 Å². The van der Waals surface area contributed by atoms with Gasteiger partial charge in [0.1, 0.15) is 0 Å². The summed E-state index contributed by atoms with van der Waals surface area (Å²) < 4.78 is 38.7. The lowest BCUT2D eigenvalue weighted by molar-refractivity contribution is -0.145. The summed E-state index contributed by atoms with van der Waals surface area (Å²) in [5.74, 6) is -1.44. The van der Waals surface area contributed by atoms with E-state index in [-0.39, 0.29) is 12.5 Å². The van der Waals surface area contributed by atoms with E-state index in [1.165, 1.54) is 0 Å². The maximum atomic E-state index is 12.4. The Bertz CT molecular complexity index is 546. The molecule has 102 valence electrons. The van der Waals surface area contributed by atoms with Crippen LogP contribution in [0.3, 0.4) is 0 Å². The van der Waals surface area contributed by atoms with Gasteiger partial charge in [-0.1, -0.05) is 0 Å². The fourth-order valence-corrected chi connectivity index (χ4v) is 1.82. The SMILES string of the molecule is Cn1nccc1C(CN)c1cnc(C(F)(F)F)nc1. The summed E-state index contributed by atoms with van der Waals surface area (Å²) in [5, 5.41) is 4.01. The lowest BCUT2D eigenvalue weighted by atomic mass is 9.98. The second-order valence-electron chi connectivity index (χ2n) is 4.01. The Morgan fingerprint density at radius 3 is 2.37 bits per heavy atom. The highest BCUT2D eigenvalue weighted by molar-refractivity contribution is 5.25. The maximum absolute atomic E-state index is 12.4. The zero-order valence-corrected chi connectivity index (χ0v) is 10.1. The van der Waals surface area contributed by atoms with E-state index in [0.717, 1.165) is 18.1 Å². The fraction of sp³-hybridized carbons (Fsp3) is 0.364. The van der Waals surface area contributed by atoms with Crippen molar-refractivity contribution in [2.75, 3.05) is 6.54 Å². The minimum Gasteiger partial charge on any atom is -0.329 e. The number of nitrogens with zero attached hydrogens (tertiary/aromatic N) is 4. The van der Waals surface area contributed by atoms with E-state index in [4.69, 9.17) is 5.73 Å². The van der Waals surface area contributed by atoms with Crippen LogP contribution in [0.15, 0.2) is 24.7 Å². The van der Waals surface area contributed by atoms with Gasteiger partial charge in [-0.2, -0.15) is 18.3 Å². The number of hydrogen-bond donors (Lipinski definition) is 1. The zero-order valence-electron chi connectivity index (χ0n) is 10.1. The van der Waals surface area contributed by atoms with Crippen LogP contribution in [-0.2, 0) is 13.2 Å². The van der Waals surface area contributed by atoms with E-state index in [0.29, 0.717) is 5.56 Å². The molecule has 0 saturated carbocycles. The number of hydrogen-bond acceptors (Lipinski definition) is 4. The van der Waals surface area contributed by atoms with Crippen molar-refractivity contribution in [1.29, 1.82) is 0 Å². The molecule has 0 amide bonds. The summed E-state index contributed by atoms with van der Waals surface area (Å²) in [6.45, 7) is 0.230. The van der Waals surface area contributed by atoms with Crippen LogP contribution in [0.5, 0.6) is 0 Å². The molecule has 0 aromatic carbocycles. The van der Waals surface area contributed by atoms with E-state index in [1.54, 1.807) is 24.0 Å². The first-order chi connectivity index (χ1) is 8.93. The zero-order chi connectivity index (χ0) is 14.0. The van der Waals surface area contributed by atoms with Crippen molar-refractivity contribution in [3.63, 3.8) is 0 Å². The lowest BCUT2D eigenvalue weighted by Crippen LogP contribution is -2.19. The van der Waals surface area contributed by atoms with Crippen LogP contribution in [0.1, 0.15) is 23.0 Å². The molecule has 0 aliphatic rings. The number of alkyl halides is 3. The lowest BCUT2D eigenvalue weighted by Gasteiger charge is -2.15. The average molecular weight is 271 g/mol. The average Bonchev–Trinajstić information content (AvgIpc) is 2.76. The van der Waals surface area contributed by atoms with Crippen LogP contribution in [0.25, 0.3) is 0 Å². The quantitative estimate of drug-likeness (QED) is 0.914. The molecule has 0 aliphatic heterocycles. The first-order valence-corrected chi connectivity index (χ1v) is 5.50. The summed E-state index contributed by atoms with van der Waals surface area (Å²) in [4.78, 5) is 6.67. The number of nitrogens with two attached hydrogens (primary N) is 1. The summed E-state index contributed by atoms with van der Waals surface area (Å²) in [6.07, 6.45) is -0.632. The molecule has 2 rings (SSSR count). The normalized spacial score (nSPS) is 13.5. The van der Waals surface area contributed by atoms with Crippen molar-refractivity contribution in [2.45, 2.75) is 12.1 Å². The highest BCUT2D eigenvalue weighted by Crippen LogP contribution is 2.27. The summed E-state index contributed by atoms with van der Waals surface area (Å²) in [5.41, 5.74) is 6.99. The summed E-state index contributed by atoms with van der Waals surface area (Å²) in [7, 11) is 1.74. The molecular formula is C11H12F3N5. The molecule has 0 saturated heterocycles. The van der Waals surface area contributed by atoms with Crippen molar-refractivity contribution in [2.24, 2.45) is 12.8 Å². The van der Waals surface area contributed by atoms with Gasteiger partial charge < -0.3 is 5.73 Å². The first kappa shape index (κ1) is 13.5. The van der Waals surface area contributed by atoms with Crippen molar-refractivity contribution in [1.82, 2.24) is 19.7 Å². The van der Waals surface area contributed by atoms with E-state index >= 15 is 0 Å². The molecule has 2 N–H and O–H groups in total. The molecule has 2 aromatic rings. The van der Waals surface area contributed by atoms with Gasteiger partial charge in [0, 0.05) is 43.8 Å². The summed E-state index contributed by atoms with van der Waals surface area (Å²) >= 11 is 0. The molecule has 19 heavy (non-hydrogen) atoms. The monoisotopic (exact) mass is 271 g/mol. The van der Waals surface area contributed by atoms with Gasteiger partial charge in [-0.3, -0.25) is 4.68 Å². The minimum absolute atomic E-state index is 0.230. The third kappa shape index (κ3) is 2.73. The Kier molecular flexibility index (Phi) is 3.52. The third-order valence-corrected chi connectivity index (χ3v) is 2.78. The van der Waals surface area contributed by atoms with Crippen molar-refractivity contribution in [3.05, 3.63) is 41.7 Å². The van der Waals surface area contributed by atoms with Gasteiger partial charge in [-0.25, -0.2) is 9.97 Å². The van der Waals surface area contributed by atoms with Gasteiger partial charge in [0.05, 0.1) is 0 Å². The standard InChI is InChI=1S/C11H12F3N5/c1-19-9(2-3-18-19)8(4-15)7-5-16-10(17-6-7)11(12,13)14/h2-3,5-6,8H,4,15H2,1H3. The smallest absolute Gasteiger partial charge is 0.329 e. The highest BCUT2D eigenvalue weighted by atomic mass is 19.4. The van der Waals surface area contributed by atoms with Crippen LogP contribution >= 0.6 is 0 Å². The van der Waals surface area contributed by atoms with E-state index in [2.05, 4.69) is 15.1 Å². The number of halogens is 3. The minimum atomic E-state index is -4.54. The number of rotatable bonds is 3. The summed E-state index contributed by atoms with van der Waals surface area (Å²) in [6, 6.07) is 1.76. The predicted octanol–water partition coefficient (Wildman–Crippen LogP) is 1.32. The molecule has 1 unspecified atom stereocenters. The van der Waals surface area contributed by atoms with Crippen molar-refractivity contribution < 1.29 is 13.2 Å². The van der Waals surface area contributed by atoms with Gasteiger partial charge in [-0.05, 0) is 11.6 Å². The van der Waals surface area contributed by atoms with Crippen LogP contribution in [0, 0.1) is 0 Å². The van der Waals surface area contributed by atoms with Gasteiger partial charge in [0.25, 0.3) is 0 Å². The Balaban J connectivity index is 2.33. The van der Waals surface area contributed by atoms with Crippen LogP contribution in [0.2, 0.25) is 0 Å². The predicted molar refractivity (Wildman–Crippen MR) is 61.1 cm³/mol. The second kappa shape index (κ2) is 4.96. The molecule has 8 heteroatoms. The Hall–Kier alpha value is -1.96. The molecule has 5 nitrogen and oxygen atoms in total. The van der Waals surface area contributed by atoms with E-state index < -0.39 is 12.0 Å². The Morgan fingerprint density at radius 1 is 1.32 bits per heavy atom. The molecular weight excluding hydrogens is 259 g/mol. The molecule has 0 spiro atoms. The Labute approximate surface area is 107 Å². The van der Waals surface area contributed by atoms with Gasteiger partial charge in [0.15, 0.2) is 0 Å². The maximum Gasteiger partial charge on any atom is 0.451 e. The topological polar surface area (TPSA) is 69.6 Å². The van der Waals surface area contributed by atoms with Crippen LogP contribution in [-0.4, -0.2) is 26.3 Å². The number of aromatic nitrogens is 4. The highest BCUT2D eigenvalue weighted by Gasteiger charge is 2.34. The van der Waals surface area contributed by atoms with Crippen molar-refractivity contribution in [3.8, 4) is 0 Å². The molecule has 0 radical (unpaired) electrons. The molecule has 2 heterocycles. The van der Waals surface area contributed by atoms with Gasteiger partial charge in [0.2, 0.25) is 5.82 Å². The van der Waals surface area contributed by atoms with Gasteiger partial charge >= 0.3 is 6.18 Å². The van der Waals surface area contributed by atoms with E-state index in [1.807, 2.05) is 0 Å². The first-order valence-electron chi connectivity index (χ1n) is 5.50. The van der Waals surface area contributed by atoms with Gasteiger partial charge in [-0.15, -0.1) is 0 Å².